The molecule has 0 aliphatic rings. The lowest BCUT2D eigenvalue weighted by Crippen LogP contribution is -2.14. The average Bonchev–Trinajstić information content (AvgIpc) is 2.89. The number of aromatic nitrogens is 2. The van der Waals surface area contributed by atoms with Crippen LogP contribution < -0.4 is 11.1 Å². The second kappa shape index (κ2) is 5.07. The van der Waals surface area contributed by atoms with Crippen LogP contribution in [0.15, 0.2) is 36.0 Å². The Balaban J connectivity index is 1.89. The molecule has 1 aromatic carbocycles. The zero-order valence-electron chi connectivity index (χ0n) is 10.1. The van der Waals surface area contributed by atoms with Crippen LogP contribution in [0.3, 0.4) is 0 Å². The summed E-state index contributed by atoms with van der Waals surface area (Å²) in [5, 5.41) is 3.01. The molecule has 5 nitrogen and oxygen atoms in total. The molecule has 100 valence electrons. The van der Waals surface area contributed by atoms with Gasteiger partial charge in [-0.25, -0.2) is 9.97 Å². The van der Waals surface area contributed by atoms with Gasteiger partial charge in [-0.1, -0.05) is 11.6 Å². The Morgan fingerprint density at radius 1 is 1.30 bits per heavy atom. The molecule has 0 spiro atoms. The van der Waals surface area contributed by atoms with Crippen molar-refractivity contribution in [2.24, 2.45) is 0 Å². The molecular formula is C13H9ClN4OS. The summed E-state index contributed by atoms with van der Waals surface area (Å²) >= 11 is 7.29. The highest BCUT2D eigenvalue weighted by molar-refractivity contribution is 7.16. The number of anilines is 2. The molecule has 0 aliphatic carbocycles. The zero-order valence-corrected chi connectivity index (χ0v) is 11.7. The SMILES string of the molecule is Nc1cnc(Cl)cc1C(=O)Nc1ccc2ncsc2c1. The number of nitrogen functional groups attached to an aromatic ring is 1. The van der Waals surface area contributed by atoms with Gasteiger partial charge in [0.2, 0.25) is 0 Å². The highest BCUT2D eigenvalue weighted by atomic mass is 35.5. The lowest BCUT2D eigenvalue weighted by molar-refractivity contribution is 0.102. The predicted molar refractivity (Wildman–Crippen MR) is 81.2 cm³/mol. The highest BCUT2D eigenvalue weighted by Crippen LogP contribution is 2.23. The van der Waals surface area contributed by atoms with E-state index in [1.54, 1.807) is 11.6 Å². The van der Waals surface area contributed by atoms with Crippen molar-refractivity contribution < 1.29 is 4.79 Å². The molecular weight excluding hydrogens is 296 g/mol. The standard InChI is InChI=1S/C13H9ClN4OS/c14-12-4-8(9(15)5-16-12)13(19)18-7-1-2-10-11(3-7)20-6-17-10/h1-6H,15H2,(H,18,19). The summed E-state index contributed by atoms with van der Waals surface area (Å²) in [7, 11) is 0. The topological polar surface area (TPSA) is 80.9 Å². The van der Waals surface area contributed by atoms with Crippen molar-refractivity contribution in [1.29, 1.82) is 0 Å². The smallest absolute Gasteiger partial charge is 0.257 e. The maximum atomic E-state index is 12.2. The maximum Gasteiger partial charge on any atom is 0.257 e. The van der Waals surface area contributed by atoms with Crippen LogP contribution in [0, 0.1) is 0 Å². The fourth-order valence-corrected chi connectivity index (χ4v) is 2.64. The summed E-state index contributed by atoms with van der Waals surface area (Å²) in [6.07, 6.45) is 1.36. The van der Waals surface area contributed by atoms with E-state index in [2.05, 4.69) is 15.3 Å². The lowest BCUT2D eigenvalue weighted by Gasteiger charge is -2.07. The number of nitrogens with two attached hydrogens (primary N) is 1. The van der Waals surface area contributed by atoms with Crippen molar-refractivity contribution in [3.05, 3.63) is 46.7 Å². The van der Waals surface area contributed by atoms with Crippen molar-refractivity contribution in [1.82, 2.24) is 9.97 Å². The molecule has 0 saturated heterocycles. The van der Waals surface area contributed by atoms with Crippen LogP contribution in [-0.4, -0.2) is 15.9 Å². The fraction of sp³-hybridized carbons (Fsp3) is 0. The molecule has 0 saturated carbocycles. The van der Waals surface area contributed by atoms with E-state index in [1.807, 2.05) is 12.1 Å². The number of carbonyl (C=O) groups excluding carboxylic acids is 1. The molecule has 0 unspecified atom stereocenters. The van der Waals surface area contributed by atoms with Gasteiger partial charge in [-0.05, 0) is 24.3 Å². The summed E-state index contributed by atoms with van der Waals surface area (Å²) < 4.78 is 1.00. The summed E-state index contributed by atoms with van der Waals surface area (Å²) in [4.78, 5) is 20.2. The third-order valence-electron chi connectivity index (χ3n) is 2.74. The van der Waals surface area contributed by atoms with E-state index in [0.717, 1.165) is 10.2 Å². The molecule has 2 heterocycles. The first kappa shape index (κ1) is 12.8. The van der Waals surface area contributed by atoms with Gasteiger partial charge in [-0.3, -0.25) is 4.79 Å². The Kier molecular flexibility index (Phi) is 3.25. The normalized spacial score (nSPS) is 10.7. The van der Waals surface area contributed by atoms with Crippen molar-refractivity contribution in [2.75, 3.05) is 11.1 Å². The highest BCUT2D eigenvalue weighted by Gasteiger charge is 2.11. The largest absolute Gasteiger partial charge is 0.397 e. The van der Waals surface area contributed by atoms with Crippen LogP contribution in [0.4, 0.5) is 11.4 Å². The second-order valence-electron chi connectivity index (χ2n) is 4.08. The minimum Gasteiger partial charge on any atom is -0.397 e. The fourth-order valence-electron chi connectivity index (χ4n) is 1.77. The maximum absolute atomic E-state index is 12.2. The molecule has 0 radical (unpaired) electrons. The summed E-state index contributed by atoms with van der Waals surface area (Å²) in [6, 6.07) is 6.95. The van der Waals surface area contributed by atoms with Gasteiger partial charge in [0.05, 0.1) is 33.2 Å². The minimum atomic E-state index is -0.323. The molecule has 0 aliphatic heterocycles. The first-order valence-corrected chi connectivity index (χ1v) is 6.95. The summed E-state index contributed by atoms with van der Waals surface area (Å²) in [6.45, 7) is 0. The van der Waals surface area contributed by atoms with Crippen molar-refractivity contribution >= 4 is 50.4 Å². The van der Waals surface area contributed by atoms with E-state index >= 15 is 0 Å². The van der Waals surface area contributed by atoms with Crippen LogP contribution in [-0.2, 0) is 0 Å². The summed E-state index contributed by atoms with van der Waals surface area (Å²) in [5.74, 6) is -0.323. The molecule has 0 atom stereocenters. The Hall–Kier alpha value is -2.18. The molecule has 0 fully saturated rings. The van der Waals surface area contributed by atoms with Crippen LogP contribution in [0.2, 0.25) is 5.15 Å². The van der Waals surface area contributed by atoms with Crippen LogP contribution >= 0.6 is 22.9 Å². The molecule has 2 aromatic heterocycles. The number of fused-ring (bicyclic) bond motifs is 1. The number of thiazole rings is 1. The Morgan fingerprint density at radius 2 is 2.15 bits per heavy atom. The van der Waals surface area contributed by atoms with Gasteiger partial charge in [0.25, 0.3) is 5.91 Å². The van der Waals surface area contributed by atoms with Gasteiger partial charge in [-0.15, -0.1) is 11.3 Å². The first-order chi connectivity index (χ1) is 9.63. The average molecular weight is 305 g/mol. The van der Waals surface area contributed by atoms with Crippen LogP contribution in [0.25, 0.3) is 10.2 Å². The Labute approximate surface area is 123 Å². The summed E-state index contributed by atoms with van der Waals surface area (Å²) in [5.41, 5.74) is 9.65. The minimum absolute atomic E-state index is 0.224. The number of halogens is 1. The number of nitrogens with one attached hydrogen (secondary N) is 1. The van der Waals surface area contributed by atoms with E-state index in [0.29, 0.717) is 11.3 Å². The van der Waals surface area contributed by atoms with Crippen molar-refractivity contribution in [3.63, 3.8) is 0 Å². The van der Waals surface area contributed by atoms with E-state index < -0.39 is 0 Å². The predicted octanol–water partition coefficient (Wildman–Crippen LogP) is 3.18. The van der Waals surface area contributed by atoms with Gasteiger partial charge in [-0.2, -0.15) is 0 Å². The Bertz CT molecular complexity index is 802. The van der Waals surface area contributed by atoms with E-state index in [1.165, 1.54) is 23.6 Å². The number of hydrogen-bond donors (Lipinski definition) is 2. The molecule has 0 bridgehead atoms. The van der Waals surface area contributed by atoms with Gasteiger partial charge >= 0.3 is 0 Å². The zero-order chi connectivity index (χ0) is 14.1. The molecule has 3 N–H and O–H groups in total. The van der Waals surface area contributed by atoms with E-state index in [-0.39, 0.29) is 16.7 Å². The number of nitrogens with zero attached hydrogens (tertiary/aromatic N) is 2. The van der Waals surface area contributed by atoms with E-state index in [9.17, 15) is 4.79 Å². The number of rotatable bonds is 2. The van der Waals surface area contributed by atoms with Gasteiger partial charge in [0, 0.05) is 5.69 Å². The molecule has 1 amide bonds. The van der Waals surface area contributed by atoms with Gasteiger partial charge in [0.1, 0.15) is 5.15 Å². The quantitative estimate of drug-likeness (QED) is 0.712. The molecule has 3 aromatic rings. The monoisotopic (exact) mass is 304 g/mol. The first-order valence-electron chi connectivity index (χ1n) is 5.69. The number of pyridine rings is 1. The van der Waals surface area contributed by atoms with Crippen molar-refractivity contribution in [3.8, 4) is 0 Å². The number of amides is 1. The Morgan fingerprint density at radius 3 is 3.00 bits per heavy atom. The molecule has 3 rings (SSSR count). The molecule has 7 heteroatoms. The lowest BCUT2D eigenvalue weighted by atomic mass is 10.2. The van der Waals surface area contributed by atoms with E-state index in [4.69, 9.17) is 17.3 Å². The molecule has 20 heavy (non-hydrogen) atoms. The van der Waals surface area contributed by atoms with Crippen molar-refractivity contribution in [2.45, 2.75) is 0 Å². The van der Waals surface area contributed by atoms with Gasteiger partial charge < -0.3 is 11.1 Å². The third kappa shape index (κ3) is 2.43. The number of carbonyl (C=O) groups is 1. The third-order valence-corrected chi connectivity index (χ3v) is 3.73. The van der Waals surface area contributed by atoms with Crippen LogP contribution in [0.5, 0.6) is 0 Å². The number of benzene rings is 1. The van der Waals surface area contributed by atoms with Gasteiger partial charge in [0.15, 0.2) is 0 Å². The second-order valence-corrected chi connectivity index (χ2v) is 5.36. The van der Waals surface area contributed by atoms with Crippen LogP contribution in [0.1, 0.15) is 10.4 Å². The number of hydrogen-bond acceptors (Lipinski definition) is 5.